The second-order valence-corrected chi connectivity index (χ2v) is 4.07. The molecular formula is C16H10N2. The number of fused-ring (bicyclic) bond motifs is 1. The molecule has 3 aromatic rings. The van der Waals surface area contributed by atoms with Crippen LogP contribution in [0.5, 0.6) is 0 Å². The van der Waals surface area contributed by atoms with Gasteiger partial charge in [-0.05, 0) is 23.6 Å². The van der Waals surface area contributed by atoms with E-state index in [1.165, 1.54) is 5.39 Å². The van der Waals surface area contributed by atoms with Crippen LogP contribution in [0.4, 0.5) is 0 Å². The van der Waals surface area contributed by atoms with E-state index in [-0.39, 0.29) is 0 Å². The van der Waals surface area contributed by atoms with Crippen LogP contribution >= 0.6 is 0 Å². The van der Waals surface area contributed by atoms with Gasteiger partial charge in [0.2, 0.25) is 0 Å². The minimum atomic E-state index is 0.666. The van der Waals surface area contributed by atoms with Crippen molar-refractivity contribution in [3.63, 3.8) is 0 Å². The molecule has 2 nitrogen and oxygen atoms in total. The molecule has 0 unspecified atom stereocenters. The predicted molar refractivity (Wildman–Crippen MR) is 71.9 cm³/mol. The molecule has 0 bridgehead atoms. The highest BCUT2D eigenvalue weighted by Crippen LogP contribution is 2.26. The fourth-order valence-corrected chi connectivity index (χ4v) is 2.05. The lowest BCUT2D eigenvalue weighted by Gasteiger charge is -2.05. The number of hydrogen-bond donors (Lipinski definition) is 0. The lowest BCUT2D eigenvalue weighted by atomic mass is 10.0. The maximum Gasteiger partial charge on any atom is 0.0991 e. The highest BCUT2D eigenvalue weighted by Gasteiger charge is 2.04. The Labute approximate surface area is 105 Å². The molecule has 0 aliphatic rings. The summed E-state index contributed by atoms with van der Waals surface area (Å²) in [7, 11) is 0. The van der Waals surface area contributed by atoms with E-state index in [4.69, 9.17) is 5.26 Å². The lowest BCUT2D eigenvalue weighted by molar-refractivity contribution is 1.35. The van der Waals surface area contributed by atoms with Crippen LogP contribution in [0.25, 0.3) is 22.0 Å². The first kappa shape index (κ1) is 10.5. The second-order valence-electron chi connectivity index (χ2n) is 4.07. The number of nitrogens with zero attached hydrogens (tertiary/aromatic N) is 2. The molecule has 18 heavy (non-hydrogen) atoms. The summed E-state index contributed by atoms with van der Waals surface area (Å²) in [5.74, 6) is 0. The van der Waals surface area contributed by atoms with Crippen molar-refractivity contribution in [1.29, 1.82) is 5.26 Å². The van der Waals surface area contributed by atoms with Crippen LogP contribution in [0.3, 0.4) is 0 Å². The molecule has 0 aliphatic carbocycles. The van der Waals surface area contributed by atoms with Crippen molar-refractivity contribution in [3.8, 4) is 17.3 Å². The third-order valence-corrected chi connectivity index (χ3v) is 2.96. The molecule has 84 valence electrons. The molecule has 0 spiro atoms. The van der Waals surface area contributed by atoms with E-state index < -0.39 is 0 Å². The minimum Gasteiger partial charge on any atom is -0.256 e. The summed E-state index contributed by atoms with van der Waals surface area (Å²) in [6.07, 6.45) is 1.82. The summed E-state index contributed by atoms with van der Waals surface area (Å²) in [6.45, 7) is 0. The highest BCUT2D eigenvalue weighted by atomic mass is 14.7. The van der Waals surface area contributed by atoms with Gasteiger partial charge in [0.15, 0.2) is 0 Å². The van der Waals surface area contributed by atoms with Crippen molar-refractivity contribution >= 4 is 10.8 Å². The number of nitriles is 1. The fourth-order valence-electron chi connectivity index (χ4n) is 2.05. The molecule has 2 aromatic carbocycles. The first-order chi connectivity index (χ1) is 8.88. The molecule has 3 rings (SSSR count). The Bertz CT molecular complexity index is 732. The van der Waals surface area contributed by atoms with Crippen LogP contribution in [0, 0.1) is 11.3 Å². The van der Waals surface area contributed by atoms with E-state index >= 15 is 0 Å². The third kappa shape index (κ3) is 1.72. The Kier molecular flexibility index (Phi) is 2.51. The summed E-state index contributed by atoms with van der Waals surface area (Å²) in [4.78, 5) is 4.45. The van der Waals surface area contributed by atoms with Crippen LogP contribution in [0.15, 0.2) is 60.8 Å². The molecule has 2 heteroatoms. The van der Waals surface area contributed by atoms with E-state index in [2.05, 4.69) is 23.2 Å². The molecule has 0 fully saturated rings. The van der Waals surface area contributed by atoms with Crippen molar-refractivity contribution in [3.05, 3.63) is 66.4 Å². The Morgan fingerprint density at radius 2 is 1.67 bits per heavy atom. The molecule has 1 aromatic heterocycles. The quantitative estimate of drug-likeness (QED) is 0.638. The maximum absolute atomic E-state index is 8.81. The summed E-state index contributed by atoms with van der Waals surface area (Å²) in [6, 6.07) is 19.8. The van der Waals surface area contributed by atoms with Crippen LogP contribution in [-0.4, -0.2) is 4.98 Å². The standard InChI is InChI=1S/C16H10N2/c17-11-12-5-7-14(8-6-12)16-15-4-2-1-3-13(15)9-10-18-16/h1-10H. The van der Waals surface area contributed by atoms with Crippen molar-refractivity contribution in [2.75, 3.05) is 0 Å². The van der Waals surface area contributed by atoms with E-state index in [0.29, 0.717) is 5.56 Å². The summed E-state index contributed by atoms with van der Waals surface area (Å²) in [5.41, 5.74) is 2.65. The molecule has 0 saturated heterocycles. The van der Waals surface area contributed by atoms with Crippen LogP contribution in [0.1, 0.15) is 5.56 Å². The Hall–Kier alpha value is -2.66. The molecule has 0 saturated carbocycles. The van der Waals surface area contributed by atoms with Gasteiger partial charge in [-0.15, -0.1) is 0 Å². The second kappa shape index (κ2) is 4.31. The number of aromatic nitrogens is 1. The third-order valence-electron chi connectivity index (χ3n) is 2.96. The SMILES string of the molecule is N#Cc1ccc(-c2nccc3ccccc23)cc1. The zero-order valence-electron chi connectivity index (χ0n) is 9.67. The molecule has 0 aliphatic heterocycles. The van der Waals surface area contributed by atoms with E-state index in [1.807, 2.05) is 48.7 Å². The number of rotatable bonds is 1. The smallest absolute Gasteiger partial charge is 0.0991 e. The van der Waals surface area contributed by atoms with E-state index in [1.54, 1.807) is 0 Å². The summed E-state index contributed by atoms with van der Waals surface area (Å²) in [5, 5.41) is 11.1. The van der Waals surface area contributed by atoms with Gasteiger partial charge in [0.05, 0.1) is 17.3 Å². The van der Waals surface area contributed by atoms with Gasteiger partial charge < -0.3 is 0 Å². The molecular weight excluding hydrogens is 220 g/mol. The summed E-state index contributed by atoms with van der Waals surface area (Å²) >= 11 is 0. The topological polar surface area (TPSA) is 36.7 Å². The zero-order chi connectivity index (χ0) is 12.4. The number of hydrogen-bond acceptors (Lipinski definition) is 2. The van der Waals surface area contributed by atoms with Gasteiger partial charge in [-0.2, -0.15) is 5.26 Å². The van der Waals surface area contributed by atoms with Crippen molar-refractivity contribution in [1.82, 2.24) is 4.98 Å². The molecule has 0 amide bonds. The van der Waals surface area contributed by atoms with Gasteiger partial charge in [0, 0.05) is 17.1 Å². The average Bonchev–Trinajstić information content (AvgIpc) is 2.47. The average molecular weight is 230 g/mol. The van der Waals surface area contributed by atoms with Gasteiger partial charge in [-0.3, -0.25) is 4.98 Å². The zero-order valence-corrected chi connectivity index (χ0v) is 9.67. The normalized spacial score (nSPS) is 10.2. The maximum atomic E-state index is 8.81. The molecule has 0 N–H and O–H groups in total. The van der Waals surface area contributed by atoms with Crippen molar-refractivity contribution in [2.45, 2.75) is 0 Å². The lowest BCUT2D eigenvalue weighted by Crippen LogP contribution is -1.86. The molecule has 1 heterocycles. The highest BCUT2D eigenvalue weighted by molar-refractivity contribution is 5.94. The fraction of sp³-hybridized carbons (Fsp3) is 0. The van der Waals surface area contributed by atoms with Gasteiger partial charge in [0.25, 0.3) is 0 Å². The monoisotopic (exact) mass is 230 g/mol. The number of pyridine rings is 1. The van der Waals surface area contributed by atoms with Gasteiger partial charge in [-0.1, -0.05) is 36.4 Å². The van der Waals surface area contributed by atoms with Crippen molar-refractivity contribution < 1.29 is 0 Å². The van der Waals surface area contributed by atoms with E-state index in [9.17, 15) is 0 Å². The van der Waals surface area contributed by atoms with Crippen LogP contribution in [0.2, 0.25) is 0 Å². The molecule has 0 radical (unpaired) electrons. The minimum absolute atomic E-state index is 0.666. The summed E-state index contributed by atoms with van der Waals surface area (Å²) < 4.78 is 0. The van der Waals surface area contributed by atoms with Crippen molar-refractivity contribution in [2.24, 2.45) is 0 Å². The van der Waals surface area contributed by atoms with Gasteiger partial charge in [-0.25, -0.2) is 0 Å². The Balaban J connectivity index is 2.22. The molecule has 0 atom stereocenters. The Morgan fingerprint density at radius 1 is 0.889 bits per heavy atom. The first-order valence-electron chi connectivity index (χ1n) is 5.73. The number of benzene rings is 2. The Morgan fingerprint density at radius 3 is 2.44 bits per heavy atom. The van der Waals surface area contributed by atoms with Gasteiger partial charge >= 0.3 is 0 Å². The van der Waals surface area contributed by atoms with Crippen LogP contribution in [-0.2, 0) is 0 Å². The first-order valence-corrected chi connectivity index (χ1v) is 5.73. The van der Waals surface area contributed by atoms with Crippen LogP contribution < -0.4 is 0 Å². The van der Waals surface area contributed by atoms with Gasteiger partial charge in [0.1, 0.15) is 0 Å². The van der Waals surface area contributed by atoms with E-state index in [0.717, 1.165) is 16.6 Å². The predicted octanol–water partition coefficient (Wildman–Crippen LogP) is 3.77. The largest absolute Gasteiger partial charge is 0.256 e.